The molecule has 2 aromatic rings. The summed E-state index contributed by atoms with van der Waals surface area (Å²) in [6.45, 7) is 0.410. The third-order valence-corrected chi connectivity index (χ3v) is 3.85. The van der Waals surface area contributed by atoms with Crippen LogP contribution in [0.4, 0.5) is 5.69 Å². The van der Waals surface area contributed by atoms with Crippen LogP contribution in [0, 0.1) is 0 Å². The average Bonchev–Trinajstić information content (AvgIpc) is 2.49. The normalized spacial score (nSPS) is 10.3. The molecule has 4 nitrogen and oxygen atoms in total. The first-order chi connectivity index (χ1) is 10.0. The molecule has 0 heterocycles. The number of methoxy groups -OCH3 is 2. The Bertz CT molecular complexity index is 649. The predicted octanol–water partition coefficient (Wildman–Crippen LogP) is 4.44. The van der Waals surface area contributed by atoms with Gasteiger partial charge in [0, 0.05) is 35.0 Å². The van der Waals surface area contributed by atoms with Gasteiger partial charge in [-0.05, 0) is 34.1 Å². The highest BCUT2D eigenvalue weighted by Crippen LogP contribution is 2.34. The van der Waals surface area contributed by atoms with Gasteiger partial charge >= 0.3 is 0 Å². The van der Waals surface area contributed by atoms with Crippen LogP contribution in [0.2, 0.25) is 5.02 Å². The van der Waals surface area contributed by atoms with Crippen molar-refractivity contribution in [2.24, 2.45) is 0 Å². The van der Waals surface area contributed by atoms with Gasteiger partial charge in [-0.3, -0.25) is 0 Å². The van der Waals surface area contributed by atoms with E-state index in [-0.39, 0.29) is 5.75 Å². The Hall–Kier alpha value is -1.59. The SMILES string of the molecule is COc1cc(NCc2cc(Cl)cc(OC)c2O)ccc1Br. The smallest absolute Gasteiger partial charge is 0.162 e. The van der Waals surface area contributed by atoms with Crippen molar-refractivity contribution in [3.63, 3.8) is 0 Å². The number of ether oxygens (including phenoxy) is 2. The summed E-state index contributed by atoms with van der Waals surface area (Å²) in [5.41, 5.74) is 1.52. The van der Waals surface area contributed by atoms with Crippen molar-refractivity contribution in [3.05, 3.63) is 45.4 Å². The first-order valence-corrected chi connectivity index (χ1v) is 7.35. The number of phenolic OH excluding ortho intramolecular Hbond substituents is 1. The highest BCUT2D eigenvalue weighted by atomic mass is 79.9. The predicted molar refractivity (Wildman–Crippen MR) is 87.7 cm³/mol. The third kappa shape index (κ3) is 3.74. The van der Waals surface area contributed by atoms with Crippen LogP contribution in [-0.2, 0) is 6.54 Å². The number of hydrogen-bond acceptors (Lipinski definition) is 4. The molecule has 112 valence electrons. The molecule has 0 radical (unpaired) electrons. The van der Waals surface area contributed by atoms with E-state index in [1.807, 2.05) is 18.2 Å². The monoisotopic (exact) mass is 371 g/mol. The van der Waals surface area contributed by atoms with Crippen molar-refractivity contribution in [2.75, 3.05) is 19.5 Å². The van der Waals surface area contributed by atoms with Crippen LogP contribution < -0.4 is 14.8 Å². The summed E-state index contributed by atoms with van der Waals surface area (Å²) >= 11 is 9.41. The van der Waals surface area contributed by atoms with E-state index in [4.69, 9.17) is 21.1 Å². The van der Waals surface area contributed by atoms with Gasteiger partial charge in [0.2, 0.25) is 0 Å². The molecule has 0 aliphatic heterocycles. The van der Waals surface area contributed by atoms with Crippen LogP contribution in [0.25, 0.3) is 0 Å². The lowest BCUT2D eigenvalue weighted by atomic mass is 10.1. The molecule has 2 rings (SSSR count). The first-order valence-electron chi connectivity index (χ1n) is 6.18. The van der Waals surface area contributed by atoms with Crippen molar-refractivity contribution in [1.82, 2.24) is 0 Å². The Kier molecular flexibility index (Phi) is 5.20. The summed E-state index contributed by atoms with van der Waals surface area (Å²) in [5, 5.41) is 13.8. The van der Waals surface area contributed by atoms with Gasteiger partial charge in [0.1, 0.15) is 5.75 Å². The van der Waals surface area contributed by atoms with Gasteiger partial charge in [0.05, 0.1) is 18.7 Å². The van der Waals surface area contributed by atoms with Crippen LogP contribution in [-0.4, -0.2) is 19.3 Å². The molecule has 0 fully saturated rings. The van der Waals surface area contributed by atoms with E-state index in [2.05, 4.69) is 21.2 Å². The maximum absolute atomic E-state index is 10.1. The fourth-order valence-corrected chi connectivity index (χ4v) is 2.53. The largest absolute Gasteiger partial charge is 0.504 e. The van der Waals surface area contributed by atoms with Gasteiger partial charge in [-0.1, -0.05) is 11.6 Å². The molecule has 2 N–H and O–H groups in total. The Morgan fingerprint density at radius 2 is 1.86 bits per heavy atom. The second-order valence-electron chi connectivity index (χ2n) is 4.32. The Morgan fingerprint density at radius 3 is 2.52 bits per heavy atom. The van der Waals surface area contributed by atoms with Gasteiger partial charge in [0.25, 0.3) is 0 Å². The van der Waals surface area contributed by atoms with Gasteiger partial charge in [-0.15, -0.1) is 0 Å². The van der Waals surface area contributed by atoms with Crippen LogP contribution >= 0.6 is 27.5 Å². The molecule has 0 amide bonds. The second kappa shape index (κ2) is 6.91. The van der Waals surface area contributed by atoms with E-state index in [0.717, 1.165) is 15.9 Å². The zero-order valence-corrected chi connectivity index (χ0v) is 14.0. The standard InChI is InChI=1S/C15H15BrClNO3/c1-20-13-7-11(3-4-12(13)16)18-8-9-5-10(17)6-14(21-2)15(9)19/h3-7,18-19H,8H2,1-2H3. The quantitative estimate of drug-likeness (QED) is 0.815. The minimum absolute atomic E-state index is 0.0819. The number of hydrogen-bond donors (Lipinski definition) is 2. The highest BCUT2D eigenvalue weighted by molar-refractivity contribution is 9.10. The molecule has 0 unspecified atom stereocenters. The van der Waals surface area contributed by atoms with Crippen molar-refractivity contribution in [3.8, 4) is 17.2 Å². The fraction of sp³-hybridized carbons (Fsp3) is 0.200. The summed E-state index contributed by atoms with van der Waals surface area (Å²) in [6, 6.07) is 8.93. The molecule has 0 bridgehead atoms. The molecule has 0 spiro atoms. The molecule has 2 aromatic carbocycles. The molecule has 21 heavy (non-hydrogen) atoms. The molecule has 0 atom stereocenters. The number of aromatic hydroxyl groups is 1. The van der Waals surface area contributed by atoms with E-state index in [0.29, 0.717) is 22.9 Å². The van der Waals surface area contributed by atoms with Crippen molar-refractivity contribution >= 4 is 33.2 Å². The molecule has 0 aliphatic carbocycles. The summed E-state index contributed by atoms with van der Waals surface area (Å²) in [4.78, 5) is 0. The van der Waals surface area contributed by atoms with Crippen LogP contribution in [0.15, 0.2) is 34.8 Å². The van der Waals surface area contributed by atoms with Gasteiger partial charge < -0.3 is 19.9 Å². The van der Waals surface area contributed by atoms with E-state index in [1.165, 1.54) is 7.11 Å². The van der Waals surface area contributed by atoms with E-state index >= 15 is 0 Å². The number of rotatable bonds is 5. The van der Waals surface area contributed by atoms with Gasteiger partial charge in [-0.2, -0.15) is 0 Å². The Morgan fingerprint density at radius 1 is 1.14 bits per heavy atom. The maximum Gasteiger partial charge on any atom is 0.162 e. The average molecular weight is 373 g/mol. The lowest BCUT2D eigenvalue weighted by Crippen LogP contribution is -2.01. The number of halogens is 2. The summed E-state index contributed by atoms with van der Waals surface area (Å²) in [7, 11) is 3.10. The minimum atomic E-state index is 0.0819. The van der Waals surface area contributed by atoms with Gasteiger partial charge in [0.15, 0.2) is 11.5 Å². The summed E-state index contributed by atoms with van der Waals surface area (Å²) in [5.74, 6) is 1.17. The van der Waals surface area contributed by atoms with Gasteiger partial charge in [-0.25, -0.2) is 0 Å². The molecule has 0 saturated heterocycles. The van der Waals surface area contributed by atoms with Crippen molar-refractivity contribution in [1.29, 1.82) is 0 Å². The molecule has 6 heteroatoms. The molecule has 0 aromatic heterocycles. The first kappa shape index (κ1) is 15.8. The topological polar surface area (TPSA) is 50.7 Å². The number of phenols is 1. The van der Waals surface area contributed by atoms with E-state index in [9.17, 15) is 5.11 Å². The molecule has 0 aliphatic rings. The number of benzene rings is 2. The number of anilines is 1. The lowest BCUT2D eigenvalue weighted by Gasteiger charge is -2.12. The number of nitrogens with one attached hydrogen (secondary N) is 1. The maximum atomic E-state index is 10.1. The molecular weight excluding hydrogens is 358 g/mol. The fourth-order valence-electron chi connectivity index (χ4n) is 1.89. The van der Waals surface area contributed by atoms with Crippen LogP contribution in [0.3, 0.4) is 0 Å². The van der Waals surface area contributed by atoms with Crippen molar-refractivity contribution in [2.45, 2.75) is 6.54 Å². The molecular formula is C15H15BrClNO3. The summed E-state index contributed by atoms with van der Waals surface area (Å²) < 4.78 is 11.2. The van der Waals surface area contributed by atoms with E-state index < -0.39 is 0 Å². The minimum Gasteiger partial charge on any atom is -0.504 e. The summed E-state index contributed by atoms with van der Waals surface area (Å²) in [6.07, 6.45) is 0. The zero-order chi connectivity index (χ0) is 15.4. The van der Waals surface area contributed by atoms with Crippen LogP contribution in [0.5, 0.6) is 17.2 Å². The third-order valence-electron chi connectivity index (χ3n) is 2.97. The zero-order valence-electron chi connectivity index (χ0n) is 11.6. The molecule has 0 saturated carbocycles. The Balaban J connectivity index is 2.18. The van der Waals surface area contributed by atoms with Crippen molar-refractivity contribution < 1.29 is 14.6 Å². The lowest BCUT2D eigenvalue weighted by molar-refractivity contribution is 0.371. The van der Waals surface area contributed by atoms with E-state index in [1.54, 1.807) is 19.2 Å². The Labute approximate surface area is 136 Å². The highest BCUT2D eigenvalue weighted by Gasteiger charge is 2.10. The second-order valence-corrected chi connectivity index (χ2v) is 5.61. The van der Waals surface area contributed by atoms with Crippen LogP contribution in [0.1, 0.15) is 5.56 Å².